The fourth-order valence-corrected chi connectivity index (χ4v) is 2.37. The average molecular weight is 311 g/mol. The van der Waals surface area contributed by atoms with Crippen LogP contribution in [0.1, 0.15) is 21.6 Å². The molecule has 0 bridgehead atoms. The number of fused-ring (bicyclic) bond motifs is 1. The van der Waals surface area contributed by atoms with Crippen molar-refractivity contribution in [2.45, 2.75) is 13.5 Å². The molecular formula is C17H14FN3O2. The van der Waals surface area contributed by atoms with Gasteiger partial charge >= 0.3 is 0 Å². The number of nitrogens with zero attached hydrogens (tertiary/aromatic N) is 1. The highest BCUT2D eigenvalue weighted by Crippen LogP contribution is 2.13. The SMILES string of the molecule is Cc1cc(CNC(=O)c2n[nH]c(=O)c3ccccc23)ccc1F. The van der Waals surface area contributed by atoms with Crippen LogP contribution in [-0.4, -0.2) is 16.1 Å². The van der Waals surface area contributed by atoms with Crippen molar-refractivity contribution in [3.63, 3.8) is 0 Å². The molecule has 0 saturated carbocycles. The van der Waals surface area contributed by atoms with Crippen LogP contribution in [0.4, 0.5) is 4.39 Å². The minimum atomic E-state index is -0.403. The van der Waals surface area contributed by atoms with Crippen LogP contribution in [0.5, 0.6) is 0 Å². The molecule has 3 rings (SSSR count). The Morgan fingerprint density at radius 2 is 1.96 bits per heavy atom. The van der Waals surface area contributed by atoms with E-state index in [4.69, 9.17) is 0 Å². The van der Waals surface area contributed by atoms with E-state index in [1.165, 1.54) is 6.07 Å². The number of H-pyrrole nitrogens is 1. The Labute approximate surface area is 131 Å². The van der Waals surface area contributed by atoms with Gasteiger partial charge in [-0.05, 0) is 30.2 Å². The third-order valence-electron chi connectivity index (χ3n) is 3.59. The highest BCUT2D eigenvalue weighted by atomic mass is 19.1. The molecule has 116 valence electrons. The van der Waals surface area contributed by atoms with Crippen molar-refractivity contribution in [1.29, 1.82) is 0 Å². The lowest BCUT2D eigenvalue weighted by molar-refractivity contribution is 0.0946. The van der Waals surface area contributed by atoms with Crippen LogP contribution in [0.3, 0.4) is 0 Å². The van der Waals surface area contributed by atoms with Crippen molar-refractivity contribution in [2.24, 2.45) is 0 Å². The second-order valence-corrected chi connectivity index (χ2v) is 5.21. The topological polar surface area (TPSA) is 74.8 Å². The zero-order chi connectivity index (χ0) is 16.4. The van der Waals surface area contributed by atoms with Crippen molar-refractivity contribution >= 4 is 16.7 Å². The van der Waals surface area contributed by atoms with E-state index in [0.29, 0.717) is 16.3 Å². The maximum absolute atomic E-state index is 13.2. The predicted octanol–water partition coefficient (Wildman–Crippen LogP) is 2.30. The number of carbonyl (C=O) groups is 1. The quantitative estimate of drug-likeness (QED) is 0.779. The van der Waals surface area contributed by atoms with Crippen molar-refractivity contribution in [3.8, 4) is 0 Å². The molecule has 2 aromatic carbocycles. The van der Waals surface area contributed by atoms with Crippen molar-refractivity contribution < 1.29 is 9.18 Å². The van der Waals surface area contributed by atoms with E-state index >= 15 is 0 Å². The van der Waals surface area contributed by atoms with Crippen LogP contribution in [0.25, 0.3) is 10.8 Å². The standard InChI is InChI=1S/C17H14FN3O2/c1-10-8-11(6-7-14(10)18)9-19-17(23)15-12-4-2-3-5-13(12)16(22)21-20-15/h2-8H,9H2,1H3,(H,19,23)(H,21,22). The minimum absolute atomic E-state index is 0.152. The molecule has 0 radical (unpaired) electrons. The zero-order valence-electron chi connectivity index (χ0n) is 12.4. The Morgan fingerprint density at radius 3 is 2.70 bits per heavy atom. The van der Waals surface area contributed by atoms with Gasteiger partial charge in [-0.2, -0.15) is 5.10 Å². The first-order valence-corrected chi connectivity index (χ1v) is 7.07. The Kier molecular flexibility index (Phi) is 3.89. The number of halogens is 1. The molecule has 1 aromatic heterocycles. The molecule has 2 N–H and O–H groups in total. The van der Waals surface area contributed by atoms with Gasteiger partial charge in [-0.3, -0.25) is 9.59 Å². The molecule has 0 aliphatic rings. The molecule has 3 aromatic rings. The van der Waals surface area contributed by atoms with E-state index in [1.54, 1.807) is 43.3 Å². The molecule has 6 heteroatoms. The second-order valence-electron chi connectivity index (χ2n) is 5.21. The zero-order valence-corrected chi connectivity index (χ0v) is 12.4. The minimum Gasteiger partial charge on any atom is -0.347 e. The normalized spacial score (nSPS) is 10.7. The Balaban J connectivity index is 1.85. The summed E-state index contributed by atoms with van der Waals surface area (Å²) < 4.78 is 13.2. The summed E-state index contributed by atoms with van der Waals surface area (Å²) in [6, 6.07) is 11.4. The molecule has 0 saturated heterocycles. The van der Waals surface area contributed by atoms with Crippen LogP contribution >= 0.6 is 0 Å². The molecule has 0 atom stereocenters. The van der Waals surface area contributed by atoms with E-state index in [1.807, 2.05) is 0 Å². The maximum atomic E-state index is 13.2. The molecule has 23 heavy (non-hydrogen) atoms. The van der Waals surface area contributed by atoms with Gasteiger partial charge in [0.2, 0.25) is 0 Å². The first-order chi connectivity index (χ1) is 11.1. The van der Waals surface area contributed by atoms with Crippen molar-refractivity contribution in [3.05, 3.63) is 75.5 Å². The highest BCUT2D eigenvalue weighted by molar-refractivity contribution is 6.04. The highest BCUT2D eigenvalue weighted by Gasteiger charge is 2.13. The van der Waals surface area contributed by atoms with Gasteiger partial charge in [0.15, 0.2) is 5.69 Å². The summed E-state index contributed by atoms with van der Waals surface area (Å²) in [5.74, 6) is -0.687. The summed E-state index contributed by atoms with van der Waals surface area (Å²) in [4.78, 5) is 24.0. The number of rotatable bonds is 3. The van der Waals surface area contributed by atoms with Crippen LogP contribution in [-0.2, 0) is 6.54 Å². The summed E-state index contributed by atoms with van der Waals surface area (Å²) in [6.45, 7) is 1.91. The number of aromatic nitrogens is 2. The van der Waals surface area contributed by atoms with Crippen LogP contribution < -0.4 is 10.9 Å². The number of hydrogen-bond acceptors (Lipinski definition) is 3. The lowest BCUT2D eigenvalue weighted by atomic mass is 10.1. The van der Waals surface area contributed by atoms with Gasteiger partial charge in [0.05, 0.1) is 5.39 Å². The van der Waals surface area contributed by atoms with Gasteiger partial charge in [0.1, 0.15) is 5.82 Å². The monoisotopic (exact) mass is 311 g/mol. The first-order valence-electron chi connectivity index (χ1n) is 7.07. The molecule has 0 unspecified atom stereocenters. The number of amides is 1. The Morgan fingerprint density at radius 1 is 1.22 bits per heavy atom. The Bertz CT molecular complexity index is 950. The smallest absolute Gasteiger partial charge is 0.272 e. The average Bonchev–Trinajstić information content (AvgIpc) is 2.56. The van der Waals surface area contributed by atoms with Crippen LogP contribution in [0.2, 0.25) is 0 Å². The summed E-state index contributed by atoms with van der Waals surface area (Å²) in [5, 5.41) is 9.79. The molecule has 0 spiro atoms. The van der Waals surface area contributed by atoms with E-state index in [2.05, 4.69) is 15.5 Å². The van der Waals surface area contributed by atoms with E-state index < -0.39 is 5.91 Å². The fourth-order valence-electron chi connectivity index (χ4n) is 2.37. The lowest BCUT2D eigenvalue weighted by Crippen LogP contribution is -2.26. The van der Waals surface area contributed by atoms with Crippen molar-refractivity contribution in [1.82, 2.24) is 15.5 Å². The van der Waals surface area contributed by atoms with Gasteiger partial charge in [0.25, 0.3) is 11.5 Å². The van der Waals surface area contributed by atoms with Gasteiger partial charge in [-0.25, -0.2) is 9.49 Å². The summed E-state index contributed by atoms with van der Waals surface area (Å²) >= 11 is 0. The number of hydrogen-bond donors (Lipinski definition) is 2. The first kappa shape index (κ1) is 14.9. The maximum Gasteiger partial charge on any atom is 0.272 e. The Hall–Kier alpha value is -3.02. The van der Waals surface area contributed by atoms with E-state index in [0.717, 1.165) is 5.56 Å². The fraction of sp³-hybridized carbons (Fsp3) is 0.118. The molecule has 0 fully saturated rings. The summed E-state index contributed by atoms with van der Waals surface area (Å²) in [6.07, 6.45) is 0. The van der Waals surface area contributed by atoms with Gasteiger partial charge in [0, 0.05) is 11.9 Å². The molecule has 0 aliphatic carbocycles. The predicted molar refractivity (Wildman–Crippen MR) is 84.7 cm³/mol. The molecule has 1 heterocycles. The van der Waals surface area contributed by atoms with Gasteiger partial charge < -0.3 is 5.32 Å². The third kappa shape index (κ3) is 2.96. The largest absolute Gasteiger partial charge is 0.347 e. The van der Waals surface area contributed by atoms with Crippen LogP contribution in [0, 0.1) is 12.7 Å². The molecular weight excluding hydrogens is 297 g/mol. The van der Waals surface area contributed by atoms with Gasteiger partial charge in [-0.15, -0.1) is 0 Å². The lowest BCUT2D eigenvalue weighted by Gasteiger charge is -2.07. The molecule has 1 amide bonds. The van der Waals surface area contributed by atoms with E-state index in [-0.39, 0.29) is 23.6 Å². The summed E-state index contributed by atoms with van der Waals surface area (Å²) in [7, 11) is 0. The molecule has 0 aliphatic heterocycles. The summed E-state index contributed by atoms with van der Waals surface area (Å²) in [5.41, 5.74) is 1.11. The second kappa shape index (κ2) is 6.00. The number of aromatic amines is 1. The van der Waals surface area contributed by atoms with Gasteiger partial charge in [-0.1, -0.05) is 30.3 Å². The number of aryl methyl sites for hydroxylation is 1. The van der Waals surface area contributed by atoms with Crippen LogP contribution in [0.15, 0.2) is 47.3 Å². The van der Waals surface area contributed by atoms with Crippen molar-refractivity contribution in [2.75, 3.05) is 0 Å². The number of nitrogens with one attached hydrogen (secondary N) is 2. The van der Waals surface area contributed by atoms with E-state index in [9.17, 15) is 14.0 Å². The number of carbonyl (C=O) groups excluding carboxylic acids is 1. The third-order valence-corrected chi connectivity index (χ3v) is 3.59. The number of benzene rings is 2. The molecule has 5 nitrogen and oxygen atoms in total.